The fourth-order valence-electron chi connectivity index (χ4n) is 3.06. The summed E-state index contributed by atoms with van der Waals surface area (Å²) < 4.78 is 0. The zero-order valence-electron chi connectivity index (χ0n) is 16.5. The van der Waals surface area contributed by atoms with E-state index in [9.17, 15) is 4.79 Å². The lowest BCUT2D eigenvalue weighted by Crippen LogP contribution is -2.27. The first-order valence-electron chi connectivity index (χ1n) is 9.40. The third-order valence-electron chi connectivity index (χ3n) is 4.57. The number of hydrogen-bond donors (Lipinski definition) is 1. The predicted octanol–water partition coefficient (Wildman–Crippen LogP) is 4.84. The Morgan fingerprint density at radius 1 is 1.00 bits per heavy atom. The fourth-order valence-corrected chi connectivity index (χ4v) is 3.47. The number of nitrogens with one attached hydrogen (secondary N) is 1. The molecule has 3 rings (SSSR count). The number of aromatic nitrogens is 2. The highest BCUT2D eigenvalue weighted by molar-refractivity contribution is 7.98. The smallest absolute Gasteiger partial charge is 0.255 e. The molecule has 1 heterocycles. The van der Waals surface area contributed by atoms with Crippen LogP contribution in [0.25, 0.3) is 11.3 Å². The maximum absolute atomic E-state index is 12.9. The maximum atomic E-state index is 12.9. The van der Waals surface area contributed by atoms with Gasteiger partial charge in [0.25, 0.3) is 5.91 Å². The van der Waals surface area contributed by atoms with Gasteiger partial charge in [-0.05, 0) is 38.5 Å². The number of amides is 1. The minimum Gasteiger partial charge on any atom is -0.352 e. The Morgan fingerprint density at radius 3 is 2.39 bits per heavy atom. The monoisotopic (exact) mass is 391 g/mol. The lowest BCUT2D eigenvalue weighted by Gasteiger charge is -2.13. The highest BCUT2D eigenvalue weighted by Gasteiger charge is 2.19. The maximum Gasteiger partial charge on any atom is 0.255 e. The predicted molar refractivity (Wildman–Crippen MR) is 116 cm³/mol. The Labute approximate surface area is 170 Å². The molecular formula is C23H25N3OS. The molecule has 0 saturated carbocycles. The molecule has 28 heavy (non-hydrogen) atoms. The number of carbonyl (C=O) groups excluding carboxylic acids is 1. The summed E-state index contributed by atoms with van der Waals surface area (Å²) >= 11 is 1.48. The summed E-state index contributed by atoms with van der Waals surface area (Å²) in [5.74, 6) is -0.117. The lowest BCUT2D eigenvalue weighted by molar-refractivity contribution is 0.0952. The first-order chi connectivity index (χ1) is 13.6. The third kappa shape index (κ3) is 4.98. The minimum atomic E-state index is -0.117. The van der Waals surface area contributed by atoms with Gasteiger partial charge in [0.15, 0.2) is 5.16 Å². The zero-order valence-corrected chi connectivity index (χ0v) is 17.3. The molecule has 0 unspecified atom stereocenters. The number of rotatable bonds is 7. The van der Waals surface area contributed by atoms with Crippen molar-refractivity contribution in [1.82, 2.24) is 15.3 Å². The second kappa shape index (κ2) is 9.51. The van der Waals surface area contributed by atoms with E-state index in [0.29, 0.717) is 28.7 Å². The van der Waals surface area contributed by atoms with Crippen molar-refractivity contribution in [2.45, 2.75) is 31.8 Å². The fraction of sp³-hybridized carbons (Fsp3) is 0.261. The van der Waals surface area contributed by atoms with Crippen LogP contribution in [0, 0.1) is 13.8 Å². The molecule has 0 saturated heterocycles. The van der Waals surface area contributed by atoms with Crippen molar-refractivity contribution in [3.05, 3.63) is 77.0 Å². The van der Waals surface area contributed by atoms with E-state index in [-0.39, 0.29) is 5.91 Å². The summed E-state index contributed by atoms with van der Waals surface area (Å²) in [5.41, 5.74) is 5.34. The van der Waals surface area contributed by atoms with Gasteiger partial charge in [-0.1, -0.05) is 71.9 Å². The minimum absolute atomic E-state index is 0.117. The Kier molecular flexibility index (Phi) is 6.82. The lowest BCUT2D eigenvalue weighted by atomic mass is 10.0. The first-order valence-corrected chi connectivity index (χ1v) is 10.6. The molecule has 0 atom stereocenters. The number of nitrogens with zero attached hydrogens (tertiary/aromatic N) is 2. The van der Waals surface area contributed by atoms with Crippen molar-refractivity contribution < 1.29 is 4.79 Å². The Hall–Kier alpha value is -2.66. The Morgan fingerprint density at radius 2 is 1.71 bits per heavy atom. The van der Waals surface area contributed by atoms with Gasteiger partial charge in [0, 0.05) is 12.1 Å². The topological polar surface area (TPSA) is 54.9 Å². The number of hydrogen-bond acceptors (Lipinski definition) is 4. The van der Waals surface area contributed by atoms with Crippen molar-refractivity contribution >= 4 is 17.7 Å². The largest absolute Gasteiger partial charge is 0.352 e. The first kappa shape index (κ1) is 20.1. The molecule has 0 fully saturated rings. The molecule has 2 aromatic carbocycles. The van der Waals surface area contributed by atoms with Gasteiger partial charge in [-0.3, -0.25) is 4.79 Å². The molecule has 144 valence electrons. The Bertz CT molecular complexity index is 940. The van der Waals surface area contributed by atoms with Crippen LogP contribution in [0.1, 0.15) is 33.6 Å². The highest BCUT2D eigenvalue weighted by Crippen LogP contribution is 2.26. The van der Waals surface area contributed by atoms with Gasteiger partial charge in [-0.2, -0.15) is 0 Å². The summed E-state index contributed by atoms with van der Waals surface area (Å²) in [7, 11) is 0. The second-order valence-electron chi connectivity index (χ2n) is 6.73. The molecule has 1 aromatic heterocycles. The van der Waals surface area contributed by atoms with Gasteiger partial charge in [-0.15, -0.1) is 0 Å². The van der Waals surface area contributed by atoms with E-state index in [1.165, 1.54) is 22.9 Å². The van der Waals surface area contributed by atoms with Crippen LogP contribution in [0.2, 0.25) is 0 Å². The van der Waals surface area contributed by atoms with Gasteiger partial charge in [0.2, 0.25) is 0 Å². The number of carbonyl (C=O) groups is 1. The number of benzene rings is 2. The van der Waals surface area contributed by atoms with E-state index in [2.05, 4.69) is 27.4 Å². The number of aryl methyl sites for hydroxylation is 3. The van der Waals surface area contributed by atoms with E-state index < -0.39 is 0 Å². The molecule has 5 heteroatoms. The molecule has 0 radical (unpaired) electrons. The van der Waals surface area contributed by atoms with Crippen molar-refractivity contribution in [3.63, 3.8) is 0 Å². The average Bonchev–Trinajstić information content (AvgIpc) is 2.71. The molecule has 0 bridgehead atoms. The van der Waals surface area contributed by atoms with Crippen LogP contribution in [-0.2, 0) is 6.42 Å². The average molecular weight is 392 g/mol. The van der Waals surface area contributed by atoms with Crippen LogP contribution >= 0.6 is 11.8 Å². The van der Waals surface area contributed by atoms with E-state index in [0.717, 1.165) is 18.4 Å². The molecule has 1 amide bonds. The van der Waals surface area contributed by atoms with Crippen LogP contribution in [0.3, 0.4) is 0 Å². The summed E-state index contributed by atoms with van der Waals surface area (Å²) in [6.45, 7) is 4.53. The molecular weight excluding hydrogens is 366 g/mol. The molecule has 3 aromatic rings. The van der Waals surface area contributed by atoms with E-state index >= 15 is 0 Å². The van der Waals surface area contributed by atoms with E-state index in [1.54, 1.807) is 0 Å². The van der Waals surface area contributed by atoms with Crippen molar-refractivity contribution in [1.29, 1.82) is 0 Å². The van der Waals surface area contributed by atoms with Gasteiger partial charge < -0.3 is 5.32 Å². The Balaban J connectivity index is 1.77. The van der Waals surface area contributed by atoms with Crippen LogP contribution in [0.4, 0.5) is 0 Å². The van der Waals surface area contributed by atoms with Gasteiger partial charge in [0.1, 0.15) is 0 Å². The van der Waals surface area contributed by atoms with Gasteiger partial charge in [0.05, 0.1) is 17.0 Å². The molecule has 0 spiro atoms. The SMILES string of the molecule is CSc1nc(C)c(C(=O)NCCCc2ccccc2)c(-c2ccc(C)cc2)n1. The van der Waals surface area contributed by atoms with Crippen molar-refractivity contribution in [2.24, 2.45) is 0 Å². The summed E-state index contributed by atoms with van der Waals surface area (Å²) in [4.78, 5) is 22.1. The molecule has 4 nitrogen and oxygen atoms in total. The molecule has 0 aliphatic rings. The molecule has 0 aliphatic carbocycles. The van der Waals surface area contributed by atoms with Crippen molar-refractivity contribution in [2.75, 3.05) is 12.8 Å². The van der Waals surface area contributed by atoms with Crippen molar-refractivity contribution in [3.8, 4) is 11.3 Å². The summed E-state index contributed by atoms with van der Waals surface area (Å²) in [5, 5.41) is 3.72. The highest BCUT2D eigenvalue weighted by atomic mass is 32.2. The van der Waals surface area contributed by atoms with E-state index in [1.807, 2.05) is 62.6 Å². The zero-order chi connectivity index (χ0) is 19.9. The van der Waals surface area contributed by atoms with Crippen LogP contribution in [0.5, 0.6) is 0 Å². The third-order valence-corrected chi connectivity index (χ3v) is 5.12. The second-order valence-corrected chi connectivity index (χ2v) is 7.50. The number of thioether (sulfide) groups is 1. The summed E-state index contributed by atoms with van der Waals surface area (Å²) in [6.07, 6.45) is 3.77. The van der Waals surface area contributed by atoms with Crippen LogP contribution in [-0.4, -0.2) is 28.7 Å². The van der Waals surface area contributed by atoms with Gasteiger partial charge >= 0.3 is 0 Å². The summed E-state index contributed by atoms with van der Waals surface area (Å²) in [6, 6.07) is 18.4. The molecule has 1 N–H and O–H groups in total. The quantitative estimate of drug-likeness (QED) is 0.355. The normalized spacial score (nSPS) is 10.7. The van der Waals surface area contributed by atoms with Crippen LogP contribution < -0.4 is 5.32 Å². The molecule has 0 aliphatic heterocycles. The van der Waals surface area contributed by atoms with Crippen LogP contribution in [0.15, 0.2) is 59.8 Å². The van der Waals surface area contributed by atoms with Gasteiger partial charge in [-0.25, -0.2) is 9.97 Å². The van der Waals surface area contributed by atoms with E-state index in [4.69, 9.17) is 0 Å². The standard InChI is InChI=1S/C23H25N3OS/c1-16-11-13-19(14-12-16)21-20(17(2)25-23(26-21)28-3)22(27)24-15-7-10-18-8-5-4-6-9-18/h4-6,8-9,11-14H,7,10,15H2,1-3H3,(H,24,27).